The lowest BCUT2D eigenvalue weighted by atomic mass is 10.3. The third-order valence-electron chi connectivity index (χ3n) is 2.53. The van der Waals surface area contributed by atoms with Crippen molar-refractivity contribution in [1.29, 1.82) is 0 Å². The summed E-state index contributed by atoms with van der Waals surface area (Å²) in [4.78, 5) is 13.8. The molecule has 0 aliphatic rings. The van der Waals surface area contributed by atoms with Gasteiger partial charge in [-0.1, -0.05) is 0 Å². The number of carbonyl (C=O) groups is 1. The van der Waals surface area contributed by atoms with Gasteiger partial charge in [0.15, 0.2) is 0 Å². The summed E-state index contributed by atoms with van der Waals surface area (Å²) in [6.07, 6.45) is 1.80. The second-order valence-electron chi connectivity index (χ2n) is 3.42. The Labute approximate surface area is 90.7 Å². The van der Waals surface area contributed by atoms with Gasteiger partial charge in [0.05, 0.1) is 5.69 Å². The maximum atomic E-state index is 12.0. The van der Waals surface area contributed by atoms with Gasteiger partial charge in [0, 0.05) is 25.8 Å². The van der Waals surface area contributed by atoms with Crippen LogP contribution < -0.4 is 5.73 Å². The number of rotatable bonds is 4. The lowest BCUT2D eigenvalue weighted by molar-refractivity contribution is 0.0762. The maximum absolute atomic E-state index is 12.0. The molecule has 84 valence electrons. The Kier molecular flexibility index (Phi) is 3.77. The molecular formula is C11H19N3O. The second-order valence-corrected chi connectivity index (χ2v) is 3.42. The van der Waals surface area contributed by atoms with Crippen LogP contribution in [0, 0.1) is 0 Å². The third-order valence-corrected chi connectivity index (χ3v) is 2.53. The first-order valence-electron chi connectivity index (χ1n) is 5.38. The molecule has 1 aromatic heterocycles. The van der Waals surface area contributed by atoms with Gasteiger partial charge < -0.3 is 15.2 Å². The Balaban J connectivity index is 2.98. The molecule has 0 spiro atoms. The second kappa shape index (κ2) is 4.87. The zero-order valence-corrected chi connectivity index (χ0v) is 9.66. The molecule has 1 rings (SSSR count). The molecule has 4 heteroatoms. The molecule has 0 unspecified atom stereocenters. The van der Waals surface area contributed by atoms with Crippen molar-refractivity contribution in [3.05, 3.63) is 18.0 Å². The van der Waals surface area contributed by atoms with Crippen LogP contribution in [0.5, 0.6) is 0 Å². The number of aromatic nitrogens is 1. The van der Waals surface area contributed by atoms with Crippen LogP contribution >= 0.6 is 0 Å². The Morgan fingerprint density at radius 2 is 2.00 bits per heavy atom. The predicted octanol–water partition coefficient (Wildman–Crippen LogP) is 1.57. The first-order chi connectivity index (χ1) is 7.13. The van der Waals surface area contributed by atoms with Crippen LogP contribution in [0.1, 0.15) is 31.3 Å². The lowest BCUT2D eigenvalue weighted by Crippen LogP contribution is -2.31. The van der Waals surface area contributed by atoms with Crippen LogP contribution in [0.4, 0.5) is 5.69 Å². The monoisotopic (exact) mass is 209 g/mol. The van der Waals surface area contributed by atoms with E-state index >= 15 is 0 Å². The molecule has 0 saturated heterocycles. The molecular weight excluding hydrogens is 190 g/mol. The van der Waals surface area contributed by atoms with Gasteiger partial charge in [-0.15, -0.1) is 0 Å². The lowest BCUT2D eigenvalue weighted by Gasteiger charge is -2.19. The van der Waals surface area contributed by atoms with Gasteiger partial charge in [-0.05, 0) is 26.8 Å². The minimum atomic E-state index is 0.0542. The topological polar surface area (TPSA) is 51.3 Å². The van der Waals surface area contributed by atoms with E-state index in [1.54, 1.807) is 17.2 Å². The van der Waals surface area contributed by atoms with E-state index in [1.165, 1.54) is 0 Å². The van der Waals surface area contributed by atoms with Crippen LogP contribution in [0.15, 0.2) is 12.3 Å². The fourth-order valence-corrected chi connectivity index (χ4v) is 1.65. The van der Waals surface area contributed by atoms with Crippen molar-refractivity contribution in [3.63, 3.8) is 0 Å². The normalized spacial score (nSPS) is 10.3. The van der Waals surface area contributed by atoms with E-state index in [9.17, 15) is 4.79 Å². The van der Waals surface area contributed by atoms with Crippen LogP contribution in [-0.4, -0.2) is 28.5 Å². The number of nitrogens with two attached hydrogens (primary N) is 1. The number of aryl methyl sites for hydroxylation is 1. The third kappa shape index (κ3) is 2.32. The van der Waals surface area contributed by atoms with Crippen LogP contribution in [0.3, 0.4) is 0 Å². The highest BCUT2D eigenvalue weighted by molar-refractivity contribution is 5.93. The van der Waals surface area contributed by atoms with Gasteiger partial charge in [0.25, 0.3) is 5.91 Å². The van der Waals surface area contributed by atoms with Crippen molar-refractivity contribution < 1.29 is 4.79 Å². The van der Waals surface area contributed by atoms with Crippen molar-refractivity contribution in [2.75, 3.05) is 18.8 Å². The van der Waals surface area contributed by atoms with Crippen molar-refractivity contribution in [2.45, 2.75) is 27.3 Å². The van der Waals surface area contributed by atoms with Crippen LogP contribution in [0.2, 0.25) is 0 Å². The molecule has 0 saturated carbocycles. The summed E-state index contributed by atoms with van der Waals surface area (Å²) in [7, 11) is 0. The maximum Gasteiger partial charge on any atom is 0.270 e. The molecule has 0 aliphatic carbocycles. The minimum absolute atomic E-state index is 0.0542. The van der Waals surface area contributed by atoms with Crippen LogP contribution in [0.25, 0.3) is 0 Å². The van der Waals surface area contributed by atoms with E-state index in [4.69, 9.17) is 5.73 Å². The Morgan fingerprint density at radius 1 is 1.40 bits per heavy atom. The van der Waals surface area contributed by atoms with Gasteiger partial charge in [0.2, 0.25) is 0 Å². The highest BCUT2D eigenvalue weighted by atomic mass is 16.2. The largest absolute Gasteiger partial charge is 0.397 e. The molecule has 1 amide bonds. The summed E-state index contributed by atoms with van der Waals surface area (Å²) >= 11 is 0. The first kappa shape index (κ1) is 11.6. The molecule has 0 aliphatic heterocycles. The van der Waals surface area contributed by atoms with E-state index in [0.717, 1.165) is 19.6 Å². The van der Waals surface area contributed by atoms with Gasteiger partial charge in [0.1, 0.15) is 5.69 Å². The number of carbonyl (C=O) groups excluding carboxylic acids is 1. The molecule has 2 N–H and O–H groups in total. The summed E-state index contributed by atoms with van der Waals surface area (Å²) < 4.78 is 1.88. The van der Waals surface area contributed by atoms with Gasteiger partial charge >= 0.3 is 0 Å². The van der Waals surface area contributed by atoms with E-state index in [2.05, 4.69) is 0 Å². The van der Waals surface area contributed by atoms with E-state index < -0.39 is 0 Å². The molecule has 0 bridgehead atoms. The Hall–Kier alpha value is -1.45. The number of nitrogen functional groups attached to an aromatic ring is 1. The summed E-state index contributed by atoms with van der Waals surface area (Å²) in [5, 5.41) is 0. The minimum Gasteiger partial charge on any atom is -0.397 e. The van der Waals surface area contributed by atoms with E-state index in [-0.39, 0.29) is 5.91 Å². The standard InChI is InChI=1S/C11H19N3O/c1-4-13(5-2)11(15)10-7-9(12)8-14(10)6-3/h7-8H,4-6,12H2,1-3H3. The van der Waals surface area contributed by atoms with E-state index in [0.29, 0.717) is 11.4 Å². The molecule has 0 aromatic carbocycles. The summed E-state index contributed by atoms with van der Waals surface area (Å²) in [6.45, 7) is 8.17. The smallest absolute Gasteiger partial charge is 0.270 e. The van der Waals surface area contributed by atoms with Crippen molar-refractivity contribution >= 4 is 11.6 Å². The summed E-state index contributed by atoms with van der Waals surface area (Å²) in [5.74, 6) is 0.0542. The number of hydrogen-bond acceptors (Lipinski definition) is 2. The van der Waals surface area contributed by atoms with Crippen molar-refractivity contribution in [1.82, 2.24) is 9.47 Å². The number of nitrogens with zero attached hydrogens (tertiary/aromatic N) is 2. The molecule has 4 nitrogen and oxygen atoms in total. The summed E-state index contributed by atoms with van der Waals surface area (Å²) in [6, 6.07) is 1.74. The number of amides is 1. The van der Waals surface area contributed by atoms with E-state index in [1.807, 2.05) is 25.3 Å². The number of anilines is 1. The van der Waals surface area contributed by atoms with Gasteiger partial charge in [-0.3, -0.25) is 4.79 Å². The van der Waals surface area contributed by atoms with Gasteiger partial charge in [-0.25, -0.2) is 0 Å². The highest BCUT2D eigenvalue weighted by Crippen LogP contribution is 2.12. The zero-order chi connectivity index (χ0) is 11.4. The Bertz CT molecular complexity index is 340. The molecule has 0 radical (unpaired) electrons. The fourth-order valence-electron chi connectivity index (χ4n) is 1.65. The molecule has 0 atom stereocenters. The van der Waals surface area contributed by atoms with Crippen molar-refractivity contribution in [2.24, 2.45) is 0 Å². The quantitative estimate of drug-likeness (QED) is 0.818. The highest BCUT2D eigenvalue weighted by Gasteiger charge is 2.16. The van der Waals surface area contributed by atoms with Gasteiger partial charge in [-0.2, -0.15) is 0 Å². The Morgan fingerprint density at radius 3 is 2.47 bits per heavy atom. The molecule has 0 fully saturated rings. The molecule has 15 heavy (non-hydrogen) atoms. The van der Waals surface area contributed by atoms with Crippen LogP contribution in [-0.2, 0) is 6.54 Å². The number of hydrogen-bond donors (Lipinski definition) is 1. The fraction of sp³-hybridized carbons (Fsp3) is 0.545. The average molecular weight is 209 g/mol. The molecule has 1 aromatic rings. The first-order valence-corrected chi connectivity index (χ1v) is 5.38. The zero-order valence-electron chi connectivity index (χ0n) is 9.66. The summed E-state index contributed by atoms with van der Waals surface area (Å²) in [5.41, 5.74) is 7.01. The average Bonchev–Trinajstić information content (AvgIpc) is 2.61. The SMILES string of the molecule is CCN(CC)C(=O)c1cc(N)cn1CC. The van der Waals surface area contributed by atoms with Crippen molar-refractivity contribution in [3.8, 4) is 0 Å². The molecule has 1 heterocycles. The predicted molar refractivity (Wildman–Crippen MR) is 61.8 cm³/mol.